The fourth-order valence-electron chi connectivity index (χ4n) is 0.760. The SMILES string of the molecule is CCCOc1ccc(C)nc1. The fourth-order valence-corrected chi connectivity index (χ4v) is 0.760. The molecule has 0 aromatic carbocycles. The summed E-state index contributed by atoms with van der Waals surface area (Å²) in [6, 6.07) is 3.89. The Hall–Kier alpha value is -1.05. The Morgan fingerprint density at radius 2 is 2.27 bits per heavy atom. The molecule has 0 N–H and O–H groups in total. The van der Waals surface area contributed by atoms with Gasteiger partial charge in [0.15, 0.2) is 0 Å². The number of pyridine rings is 1. The lowest BCUT2D eigenvalue weighted by Gasteiger charge is -2.02. The third-order valence-corrected chi connectivity index (χ3v) is 1.36. The molecule has 0 saturated heterocycles. The number of aryl methyl sites for hydroxylation is 1. The first-order valence-electron chi connectivity index (χ1n) is 3.88. The largest absolute Gasteiger partial charge is 0.492 e. The minimum Gasteiger partial charge on any atom is -0.492 e. The molecule has 1 heterocycles. The predicted octanol–water partition coefficient (Wildman–Crippen LogP) is 2.18. The van der Waals surface area contributed by atoms with E-state index in [1.807, 2.05) is 19.1 Å². The van der Waals surface area contributed by atoms with E-state index in [9.17, 15) is 0 Å². The van der Waals surface area contributed by atoms with Crippen LogP contribution in [0, 0.1) is 6.92 Å². The summed E-state index contributed by atoms with van der Waals surface area (Å²) < 4.78 is 5.35. The van der Waals surface area contributed by atoms with Crippen LogP contribution in [0.3, 0.4) is 0 Å². The van der Waals surface area contributed by atoms with Crippen molar-refractivity contribution in [2.24, 2.45) is 0 Å². The normalized spacial score (nSPS) is 9.64. The highest BCUT2D eigenvalue weighted by molar-refractivity contribution is 5.18. The Balaban J connectivity index is 2.52. The molecular formula is C9H13NO. The highest BCUT2D eigenvalue weighted by atomic mass is 16.5. The lowest BCUT2D eigenvalue weighted by Crippen LogP contribution is -1.95. The summed E-state index contributed by atoms with van der Waals surface area (Å²) >= 11 is 0. The van der Waals surface area contributed by atoms with E-state index < -0.39 is 0 Å². The van der Waals surface area contributed by atoms with Crippen molar-refractivity contribution >= 4 is 0 Å². The average Bonchev–Trinajstić information content (AvgIpc) is 2.04. The van der Waals surface area contributed by atoms with Crippen LogP contribution in [0.1, 0.15) is 19.0 Å². The van der Waals surface area contributed by atoms with Crippen molar-refractivity contribution in [3.63, 3.8) is 0 Å². The molecular weight excluding hydrogens is 138 g/mol. The summed E-state index contributed by atoms with van der Waals surface area (Å²) in [5.41, 5.74) is 1.02. The maximum absolute atomic E-state index is 5.35. The van der Waals surface area contributed by atoms with E-state index in [0.717, 1.165) is 24.5 Å². The zero-order chi connectivity index (χ0) is 8.10. The molecule has 1 aromatic heterocycles. The molecule has 0 aliphatic heterocycles. The third-order valence-electron chi connectivity index (χ3n) is 1.36. The van der Waals surface area contributed by atoms with Crippen LogP contribution in [0.15, 0.2) is 18.3 Å². The van der Waals surface area contributed by atoms with Gasteiger partial charge in [-0.25, -0.2) is 0 Å². The van der Waals surface area contributed by atoms with Gasteiger partial charge in [-0.2, -0.15) is 0 Å². The smallest absolute Gasteiger partial charge is 0.137 e. The number of aromatic nitrogens is 1. The average molecular weight is 151 g/mol. The first kappa shape index (κ1) is 8.05. The van der Waals surface area contributed by atoms with Crippen molar-refractivity contribution in [3.8, 4) is 5.75 Å². The number of nitrogens with zero attached hydrogens (tertiary/aromatic N) is 1. The third kappa shape index (κ3) is 2.58. The lowest BCUT2D eigenvalue weighted by molar-refractivity contribution is 0.316. The topological polar surface area (TPSA) is 22.1 Å². The molecule has 2 heteroatoms. The van der Waals surface area contributed by atoms with E-state index >= 15 is 0 Å². The Bertz CT molecular complexity index is 205. The van der Waals surface area contributed by atoms with Crippen LogP contribution in [0.4, 0.5) is 0 Å². The molecule has 0 saturated carbocycles. The van der Waals surface area contributed by atoms with Crippen LogP contribution in [-0.2, 0) is 0 Å². The second-order valence-electron chi connectivity index (χ2n) is 2.48. The van der Waals surface area contributed by atoms with Crippen molar-refractivity contribution in [2.45, 2.75) is 20.3 Å². The van der Waals surface area contributed by atoms with Crippen LogP contribution in [0.25, 0.3) is 0 Å². The van der Waals surface area contributed by atoms with Gasteiger partial charge in [-0.3, -0.25) is 4.98 Å². The van der Waals surface area contributed by atoms with E-state index in [1.165, 1.54) is 0 Å². The summed E-state index contributed by atoms with van der Waals surface area (Å²) in [6.45, 7) is 4.82. The minimum atomic E-state index is 0.769. The molecule has 11 heavy (non-hydrogen) atoms. The van der Waals surface area contributed by atoms with E-state index in [-0.39, 0.29) is 0 Å². The molecule has 60 valence electrons. The van der Waals surface area contributed by atoms with Gasteiger partial charge >= 0.3 is 0 Å². The van der Waals surface area contributed by atoms with Crippen LogP contribution in [0.2, 0.25) is 0 Å². The Morgan fingerprint density at radius 3 is 2.82 bits per heavy atom. The monoisotopic (exact) mass is 151 g/mol. The molecule has 0 fully saturated rings. The van der Waals surface area contributed by atoms with Crippen molar-refractivity contribution in [1.82, 2.24) is 4.98 Å². The van der Waals surface area contributed by atoms with Crippen LogP contribution >= 0.6 is 0 Å². The van der Waals surface area contributed by atoms with E-state index in [4.69, 9.17) is 4.74 Å². The minimum absolute atomic E-state index is 0.769. The summed E-state index contributed by atoms with van der Waals surface area (Å²) in [6.07, 6.45) is 2.79. The maximum atomic E-state index is 5.35. The van der Waals surface area contributed by atoms with Crippen LogP contribution < -0.4 is 4.74 Å². The van der Waals surface area contributed by atoms with Gasteiger partial charge in [0, 0.05) is 5.69 Å². The van der Waals surface area contributed by atoms with Gasteiger partial charge in [-0.1, -0.05) is 6.92 Å². The molecule has 1 rings (SSSR count). The highest BCUT2D eigenvalue weighted by Gasteiger charge is 1.90. The second kappa shape index (κ2) is 3.96. The summed E-state index contributed by atoms with van der Waals surface area (Å²) in [4.78, 5) is 4.11. The van der Waals surface area contributed by atoms with Crippen LogP contribution in [0.5, 0.6) is 5.75 Å². The molecule has 1 aromatic rings. The van der Waals surface area contributed by atoms with Gasteiger partial charge in [-0.05, 0) is 25.5 Å². The van der Waals surface area contributed by atoms with E-state index in [1.54, 1.807) is 6.20 Å². The van der Waals surface area contributed by atoms with E-state index in [2.05, 4.69) is 11.9 Å². The summed E-state index contributed by atoms with van der Waals surface area (Å²) in [5, 5.41) is 0. The fraction of sp³-hybridized carbons (Fsp3) is 0.444. The Labute approximate surface area is 67.2 Å². The van der Waals surface area contributed by atoms with Crippen molar-refractivity contribution in [1.29, 1.82) is 0 Å². The maximum Gasteiger partial charge on any atom is 0.137 e. The number of rotatable bonds is 3. The summed E-state index contributed by atoms with van der Waals surface area (Å²) in [7, 11) is 0. The Kier molecular flexibility index (Phi) is 2.90. The first-order chi connectivity index (χ1) is 5.33. The molecule has 0 spiro atoms. The highest BCUT2D eigenvalue weighted by Crippen LogP contribution is 2.08. The standard InChI is InChI=1S/C9H13NO/c1-3-6-11-9-5-4-8(2)10-7-9/h4-5,7H,3,6H2,1-2H3. The second-order valence-corrected chi connectivity index (χ2v) is 2.48. The predicted molar refractivity (Wildman–Crippen MR) is 44.8 cm³/mol. The van der Waals surface area contributed by atoms with Gasteiger partial charge in [-0.15, -0.1) is 0 Å². The van der Waals surface area contributed by atoms with Gasteiger partial charge < -0.3 is 4.74 Å². The zero-order valence-electron chi connectivity index (χ0n) is 7.00. The Morgan fingerprint density at radius 1 is 1.45 bits per heavy atom. The molecule has 0 atom stereocenters. The number of hydrogen-bond donors (Lipinski definition) is 0. The van der Waals surface area contributed by atoms with Gasteiger partial charge in [0.05, 0.1) is 12.8 Å². The van der Waals surface area contributed by atoms with Crippen molar-refractivity contribution in [3.05, 3.63) is 24.0 Å². The number of ether oxygens (including phenoxy) is 1. The molecule has 0 aliphatic carbocycles. The molecule has 2 nitrogen and oxygen atoms in total. The van der Waals surface area contributed by atoms with Gasteiger partial charge in [0.2, 0.25) is 0 Å². The van der Waals surface area contributed by atoms with Gasteiger partial charge in [0.25, 0.3) is 0 Å². The molecule has 0 aliphatic rings. The molecule has 0 radical (unpaired) electrons. The zero-order valence-corrected chi connectivity index (χ0v) is 7.00. The van der Waals surface area contributed by atoms with Crippen LogP contribution in [-0.4, -0.2) is 11.6 Å². The molecule has 0 unspecified atom stereocenters. The van der Waals surface area contributed by atoms with Gasteiger partial charge in [0.1, 0.15) is 5.75 Å². The number of hydrogen-bond acceptors (Lipinski definition) is 2. The quantitative estimate of drug-likeness (QED) is 0.660. The molecule has 0 amide bonds. The lowest BCUT2D eigenvalue weighted by atomic mass is 10.4. The van der Waals surface area contributed by atoms with Crippen molar-refractivity contribution < 1.29 is 4.74 Å². The molecule has 0 bridgehead atoms. The van der Waals surface area contributed by atoms with E-state index in [0.29, 0.717) is 0 Å². The summed E-state index contributed by atoms with van der Waals surface area (Å²) in [5.74, 6) is 0.859. The van der Waals surface area contributed by atoms with Crippen molar-refractivity contribution in [2.75, 3.05) is 6.61 Å². The first-order valence-corrected chi connectivity index (χ1v) is 3.88.